The van der Waals surface area contributed by atoms with Gasteiger partial charge in [0.05, 0.1) is 5.56 Å². The summed E-state index contributed by atoms with van der Waals surface area (Å²) in [7, 11) is 0. The Balaban J connectivity index is 1.55. The summed E-state index contributed by atoms with van der Waals surface area (Å²) in [5, 5.41) is 3.08. The van der Waals surface area contributed by atoms with E-state index in [4.69, 9.17) is 0 Å². The highest BCUT2D eigenvalue weighted by atomic mass is 32.1. The first kappa shape index (κ1) is 16.7. The lowest BCUT2D eigenvalue weighted by Gasteiger charge is -2.32. The molecule has 1 aliphatic heterocycles. The number of hydrogen-bond donors (Lipinski definition) is 1. The van der Waals surface area contributed by atoms with Crippen LogP contribution >= 0.6 is 11.3 Å². The number of rotatable bonds is 3. The Morgan fingerprint density at radius 3 is 2.38 bits per heavy atom. The molecular formula is C19H22N2O2S. The minimum Gasteiger partial charge on any atom is -0.349 e. The third-order valence-electron chi connectivity index (χ3n) is 4.42. The fourth-order valence-corrected chi connectivity index (χ4v) is 4.01. The van der Waals surface area contributed by atoms with Gasteiger partial charge in [-0.1, -0.05) is 18.2 Å². The lowest BCUT2D eigenvalue weighted by molar-refractivity contribution is 0.0698. The van der Waals surface area contributed by atoms with Crippen LogP contribution < -0.4 is 5.32 Å². The van der Waals surface area contributed by atoms with Crippen molar-refractivity contribution < 1.29 is 9.59 Å². The summed E-state index contributed by atoms with van der Waals surface area (Å²) < 4.78 is 0. The SMILES string of the molecule is Cc1cc(C(=O)N2CCC(NC(=O)c3ccccc3)CC2)c(C)s1. The summed E-state index contributed by atoms with van der Waals surface area (Å²) in [6.45, 7) is 5.40. The smallest absolute Gasteiger partial charge is 0.254 e. The lowest BCUT2D eigenvalue weighted by atomic mass is 10.0. The standard InChI is InChI=1S/C19H22N2O2S/c1-13-12-17(14(2)24-13)19(23)21-10-8-16(9-11-21)20-18(22)15-6-4-3-5-7-15/h3-7,12,16H,8-11H2,1-2H3,(H,20,22). The van der Waals surface area contributed by atoms with Crippen LogP contribution in [0, 0.1) is 13.8 Å². The number of nitrogens with one attached hydrogen (secondary N) is 1. The zero-order valence-corrected chi connectivity index (χ0v) is 14.9. The Morgan fingerprint density at radius 2 is 1.79 bits per heavy atom. The zero-order chi connectivity index (χ0) is 17.1. The van der Waals surface area contributed by atoms with Crippen LogP contribution in [0.2, 0.25) is 0 Å². The second kappa shape index (κ2) is 7.18. The summed E-state index contributed by atoms with van der Waals surface area (Å²) in [6.07, 6.45) is 1.60. The Hall–Kier alpha value is -2.14. The van der Waals surface area contributed by atoms with Crippen molar-refractivity contribution in [2.75, 3.05) is 13.1 Å². The van der Waals surface area contributed by atoms with Crippen LogP contribution in [0.25, 0.3) is 0 Å². The predicted molar refractivity (Wildman–Crippen MR) is 96.6 cm³/mol. The van der Waals surface area contributed by atoms with Gasteiger partial charge in [-0.15, -0.1) is 11.3 Å². The van der Waals surface area contributed by atoms with E-state index in [0.29, 0.717) is 18.7 Å². The van der Waals surface area contributed by atoms with Crippen molar-refractivity contribution in [2.24, 2.45) is 0 Å². The average Bonchev–Trinajstić information content (AvgIpc) is 2.94. The van der Waals surface area contributed by atoms with Crippen LogP contribution in [0.5, 0.6) is 0 Å². The molecule has 126 valence electrons. The zero-order valence-electron chi connectivity index (χ0n) is 14.0. The average molecular weight is 342 g/mol. The number of carbonyl (C=O) groups excluding carboxylic acids is 2. The third-order valence-corrected chi connectivity index (χ3v) is 5.39. The van der Waals surface area contributed by atoms with Crippen LogP contribution in [0.1, 0.15) is 43.3 Å². The Bertz CT molecular complexity index is 731. The van der Waals surface area contributed by atoms with Gasteiger partial charge in [-0.3, -0.25) is 9.59 Å². The minimum absolute atomic E-state index is 0.0373. The molecule has 1 N–H and O–H groups in total. The fourth-order valence-electron chi connectivity index (χ4n) is 3.10. The van der Waals surface area contributed by atoms with Crippen LogP contribution in [-0.2, 0) is 0 Å². The van der Waals surface area contributed by atoms with E-state index in [0.717, 1.165) is 23.3 Å². The number of amides is 2. The maximum Gasteiger partial charge on any atom is 0.254 e. The normalized spacial score (nSPS) is 15.3. The number of piperidine rings is 1. The van der Waals surface area contributed by atoms with Crippen LogP contribution in [0.15, 0.2) is 36.4 Å². The van der Waals surface area contributed by atoms with Crippen molar-refractivity contribution in [1.29, 1.82) is 0 Å². The van der Waals surface area contributed by atoms with Gasteiger partial charge in [0.1, 0.15) is 0 Å². The van der Waals surface area contributed by atoms with Gasteiger partial charge in [-0.25, -0.2) is 0 Å². The van der Waals surface area contributed by atoms with Crippen molar-refractivity contribution >= 4 is 23.2 Å². The second-order valence-electron chi connectivity index (χ2n) is 6.23. The molecule has 2 amide bonds. The largest absolute Gasteiger partial charge is 0.349 e. The number of thiophene rings is 1. The lowest BCUT2D eigenvalue weighted by Crippen LogP contribution is -2.46. The number of hydrogen-bond acceptors (Lipinski definition) is 3. The number of carbonyl (C=O) groups is 2. The molecule has 0 unspecified atom stereocenters. The highest BCUT2D eigenvalue weighted by molar-refractivity contribution is 7.12. The second-order valence-corrected chi connectivity index (χ2v) is 7.69. The first-order valence-corrected chi connectivity index (χ1v) is 9.08. The first-order valence-electron chi connectivity index (χ1n) is 8.27. The Labute approximate surface area is 146 Å². The molecule has 3 rings (SSSR count). The van der Waals surface area contributed by atoms with E-state index >= 15 is 0 Å². The molecule has 1 aromatic carbocycles. The van der Waals surface area contributed by atoms with E-state index in [9.17, 15) is 9.59 Å². The van der Waals surface area contributed by atoms with E-state index in [-0.39, 0.29) is 17.9 Å². The molecule has 0 aliphatic carbocycles. The van der Waals surface area contributed by atoms with Crippen molar-refractivity contribution in [2.45, 2.75) is 32.7 Å². The van der Waals surface area contributed by atoms with E-state index in [1.165, 1.54) is 4.88 Å². The molecule has 0 atom stereocenters. The molecule has 2 heterocycles. The quantitative estimate of drug-likeness (QED) is 0.929. The number of likely N-dealkylation sites (tertiary alicyclic amines) is 1. The van der Waals surface area contributed by atoms with Crippen molar-refractivity contribution in [3.8, 4) is 0 Å². The third kappa shape index (κ3) is 3.67. The molecule has 1 aromatic heterocycles. The highest BCUT2D eigenvalue weighted by Crippen LogP contribution is 2.23. The number of nitrogens with zero attached hydrogens (tertiary/aromatic N) is 1. The molecule has 5 heteroatoms. The van der Waals surface area contributed by atoms with Gasteiger partial charge in [0.2, 0.25) is 0 Å². The molecular weight excluding hydrogens is 320 g/mol. The van der Waals surface area contributed by atoms with Crippen LogP contribution in [0.4, 0.5) is 0 Å². The summed E-state index contributed by atoms with van der Waals surface area (Å²) in [6, 6.07) is 11.4. The van der Waals surface area contributed by atoms with Gasteiger partial charge in [0, 0.05) is 34.4 Å². The molecule has 0 bridgehead atoms. The molecule has 1 aliphatic rings. The van der Waals surface area contributed by atoms with Gasteiger partial charge in [0.15, 0.2) is 0 Å². The summed E-state index contributed by atoms with van der Waals surface area (Å²) in [5.41, 5.74) is 1.50. The Kier molecular flexibility index (Phi) is 5.00. The Morgan fingerprint density at radius 1 is 1.12 bits per heavy atom. The predicted octanol–water partition coefficient (Wildman–Crippen LogP) is 3.40. The van der Waals surface area contributed by atoms with E-state index in [2.05, 4.69) is 5.32 Å². The number of aryl methyl sites for hydroxylation is 2. The highest BCUT2D eigenvalue weighted by Gasteiger charge is 2.26. The molecule has 2 aromatic rings. The fraction of sp³-hybridized carbons (Fsp3) is 0.368. The molecule has 0 radical (unpaired) electrons. The number of benzene rings is 1. The van der Waals surface area contributed by atoms with Gasteiger partial charge in [0.25, 0.3) is 11.8 Å². The maximum atomic E-state index is 12.6. The van der Waals surface area contributed by atoms with Gasteiger partial charge < -0.3 is 10.2 Å². The van der Waals surface area contributed by atoms with Crippen LogP contribution in [0.3, 0.4) is 0 Å². The van der Waals surface area contributed by atoms with Crippen molar-refractivity contribution in [1.82, 2.24) is 10.2 Å². The molecule has 0 saturated carbocycles. The van der Waals surface area contributed by atoms with Gasteiger partial charge in [-0.2, -0.15) is 0 Å². The summed E-state index contributed by atoms with van der Waals surface area (Å²) in [5.74, 6) is 0.0781. The molecule has 1 saturated heterocycles. The molecule has 4 nitrogen and oxygen atoms in total. The van der Waals surface area contributed by atoms with Crippen molar-refractivity contribution in [3.63, 3.8) is 0 Å². The monoisotopic (exact) mass is 342 g/mol. The van der Waals surface area contributed by atoms with Gasteiger partial charge in [-0.05, 0) is 44.9 Å². The van der Waals surface area contributed by atoms with Gasteiger partial charge >= 0.3 is 0 Å². The molecule has 0 spiro atoms. The van der Waals surface area contributed by atoms with E-state index < -0.39 is 0 Å². The maximum absolute atomic E-state index is 12.6. The molecule has 24 heavy (non-hydrogen) atoms. The minimum atomic E-state index is -0.0373. The van der Waals surface area contributed by atoms with Crippen molar-refractivity contribution in [3.05, 3.63) is 57.3 Å². The summed E-state index contributed by atoms with van der Waals surface area (Å²) >= 11 is 1.66. The summed E-state index contributed by atoms with van der Waals surface area (Å²) in [4.78, 5) is 29.0. The van der Waals surface area contributed by atoms with Crippen LogP contribution in [-0.4, -0.2) is 35.8 Å². The molecule has 1 fully saturated rings. The topological polar surface area (TPSA) is 49.4 Å². The van der Waals surface area contributed by atoms with E-state index in [1.807, 2.05) is 55.1 Å². The van der Waals surface area contributed by atoms with E-state index in [1.54, 1.807) is 11.3 Å². The first-order chi connectivity index (χ1) is 11.5.